The van der Waals surface area contributed by atoms with Crippen LogP contribution in [-0.2, 0) is 9.53 Å². The Morgan fingerprint density at radius 1 is 1.00 bits per heavy atom. The molecule has 1 fully saturated rings. The Bertz CT molecular complexity index is 1070. The molecule has 2 aromatic rings. The molecule has 0 spiro atoms. The third kappa shape index (κ3) is 7.86. The number of unbranched alkanes of at least 4 members (excludes halogenated alkanes) is 2. The van der Waals surface area contributed by atoms with Crippen LogP contribution in [0.1, 0.15) is 76.2 Å². The Kier molecular flexibility index (Phi) is 11.3. The molecule has 0 aliphatic heterocycles. The van der Waals surface area contributed by atoms with Gasteiger partial charge in [-0.15, -0.1) is 0 Å². The second-order valence-corrected chi connectivity index (χ2v) is 16.3. The zero-order valence-electron chi connectivity index (χ0n) is 23.3. The summed E-state index contributed by atoms with van der Waals surface area (Å²) in [7, 11) is -2.31. The molecule has 2 aromatic carbocycles. The topological polar surface area (TPSA) is 46.5 Å². The molecule has 38 heavy (non-hydrogen) atoms. The second-order valence-electron chi connectivity index (χ2n) is 11.5. The van der Waals surface area contributed by atoms with Crippen molar-refractivity contribution in [3.05, 3.63) is 65.7 Å². The SMILES string of the molecule is C=C(CO)C(=O)OCCC[Si](C)(C)c1ccc(-c2ccc(C3CCC(CCCCC)CC3)cc2)c(F)c1F. The number of esters is 1. The Morgan fingerprint density at radius 3 is 2.32 bits per heavy atom. The fraction of sp³-hybridized carbons (Fsp3) is 0.531. The fourth-order valence-corrected chi connectivity index (χ4v) is 8.21. The number of hydrogen-bond donors (Lipinski definition) is 1. The summed E-state index contributed by atoms with van der Waals surface area (Å²) in [6.45, 7) is 9.39. The van der Waals surface area contributed by atoms with Crippen molar-refractivity contribution in [3.63, 3.8) is 0 Å². The van der Waals surface area contributed by atoms with E-state index >= 15 is 8.78 Å². The molecule has 1 aliphatic rings. The van der Waals surface area contributed by atoms with Crippen LogP contribution in [0.25, 0.3) is 11.1 Å². The van der Waals surface area contributed by atoms with Gasteiger partial charge in [0, 0.05) is 5.56 Å². The van der Waals surface area contributed by atoms with E-state index in [1.807, 2.05) is 25.2 Å². The Hall–Kier alpha value is -2.31. The summed E-state index contributed by atoms with van der Waals surface area (Å²) in [5.41, 5.74) is 2.29. The van der Waals surface area contributed by atoms with E-state index in [-0.39, 0.29) is 12.2 Å². The number of carbonyl (C=O) groups is 1. The highest BCUT2D eigenvalue weighted by atomic mass is 28.3. The maximum atomic E-state index is 15.3. The van der Waals surface area contributed by atoms with Crippen molar-refractivity contribution < 1.29 is 23.4 Å². The maximum Gasteiger partial charge on any atom is 0.335 e. The maximum absolute atomic E-state index is 15.3. The summed E-state index contributed by atoms with van der Waals surface area (Å²) in [4.78, 5) is 11.6. The number of aliphatic hydroxyl groups excluding tert-OH is 1. The van der Waals surface area contributed by atoms with Crippen LogP contribution >= 0.6 is 0 Å². The van der Waals surface area contributed by atoms with E-state index in [9.17, 15) is 4.79 Å². The zero-order chi connectivity index (χ0) is 27.7. The molecule has 0 amide bonds. The van der Waals surface area contributed by atoms with Crippen LogP contribution in [0.15, 0.2) is 48.6 Å². The first-order valence-electron chi connectivity index (χ1n) is 14.2. The lowest BCUT2D eigenvalue weighted by Crippen LogP contribution is -2.44. The van der Waals surface area contributed by atoms with E-state index in [2.05, 4.69) is 25.6 Å². The molecule has 0 saturated heterocycles. The van der Waals surface area contributed by atoms with E-state index in [0.29, 0.717) is 34.7 Å². The molecular formula is C32H44F2O3Si. The highest BCUT2D eigenvalue weighted by Crippen LogP contribution is 2.38. The number of halogens is 2. The van der Waals surface area contributed by atoms with Crippen molar-refractivity contribution in [2.24, 2.45) is 5.92 Å². The summed E-state index contributed by atoms with van der Waals surface area (Å²) in [5, 5.41) is 9.38. The molecule has 3 nitrogen and oxygen atoms in total. The van der Waals surface area contributed by atoms with Crippen molar-refractivity contribution >= 4 is 19.2 Å². The number of ether oxygens (including phenoxy) is 1. The number of hydrogen-bond acceptors (Lipinski definition) is 3. The monoisotopic (exact) mass is 542 g/mol. The van der Waals surface area contributed by atoms with Crippen LogP contribution in [-0.4, -0.2) is 32.4 Å². The van der Waals surface area contributed by atoms with Gasteiger partial charge in [0.05, 0.1) is 26.9 Å². The molecule has 1 aliphatic carbocycles. The van der Waals surface area contributed by atoms with Gasteiger partial charge in [0.2, 0.25) is 0 Å². The molecule has 0 bridgehead atoms. The first kappa shape index (κ1) is 30.2. The predicted molar refractivity (Wildman–Crippen MR) is 154 cm³/mol. The van der Waals surface area contributed by atoms with Crippen LogP contribution in [0, 0.1) is 17.6 Å². The fourth-order valence-electron chi connectivity index (χ4n) is 5.68. The van der Waals surface area contributed by atoms with Crippen LogP contribution in [0.3, 0.4) is 0 Å². The highest BCUT2D eigenvalue weighted by Gasteiger charge is 2.29. The second kappa shape index (κ2) is 14.2. The van der Waals surface area contributed by atoms with Crippen LogP contribution in [0.4, 0.5) is 8.78 Å². The van der Waals surface area contributed by atoms with E-state index < -0.39 is 32.3 Å². The van der Waals surface area contributed by atoms with Gasteiger partial charge in [-0.25, -0.2) is 13.6 Å². The predicted octanol–water partition coefficient (Wildman–Crippen LogP) is 7.88. The molecule has 1 N–H and O–H groups in total. The number of rotatable bonds is 13. The number of aliphatic hydroxyl groups is 1. The van der Waals surface area contributed by atoms with E-state index in [4.69, 9.17) is 9.84 Å². The normalized spacial score (nSPS) is 17.8. The Morgan fingerprint density at radius 2 is 1.68 bits per heavy atom. The van der Waals surface area contributed by atoms with Gasteiger partial charge in [-0.2, -0.15) is 0 Å². The quantitative estimate of drug-likeness (QED) is 0.121. The van der Waals surface area contributed by atoms with Gasteiger partial charge in [0.25, 0.3) is 0 Å². The molecule has 0 radical (unpaired) electrons. The van der Waals surface area contributed by atoms with Crippen LogP contribution in [0.5, 0.6) is 0 Å². The lowest BCUT2D eigenvalue weighted by molar-refractivity contribution is -0.139. The standard InChI is InChI=1S/C32H44F2O3Si/c1-5-6-7-9-24-10-12-25(13-11-24)26-14-16-27(17-15-26)28-18-19-29(31(34)30(28)33)38(3,4)21-8-20-37-32(36)23(2)22-35/h14-19,24-25,35H,2,5-13,20-22H2,1,3-4H3. The van der Waals surface area contributed by atoms with Crippen molar-refractivity contribution in [3.8, 4) is 11.1 Å². The van der Waals surface area contributed by atoms with Crippen molar-refractivity contribution in [1.82, 2.24) is 0 Å². The van der Waals surface area contributed by atoms with Gasteiger partial charge in [0.15, 0.2) is 11.6 Å². The van der Waals surface area contributed by atoms with Gasteiger partial charge in [-0.1, -0.05) is 94.7 Å². The molecule has 0 atom stereocenters. The molecule has 0 unspecified atom stereocenters. The van der Waals surface area contributed by atoms with Crippen molar-refractivity contribution in [2.45, 2.75) is 89.8 Å². The molecule has 3 rings (SSSR count). The lowest BCUT2D eigenvalue weighted by Gasteiger charge is -2.29. The summed E-state index contributed by atoms with van der Waals surface area (Å²) in [6, 6.07) is 12.1. The molecular weight excluding hydrogens is 498 g/mol. The van der Waals surface area contributed by atoms with Crippen LogP contribution in [0.2, 0.25) is 19.1 Å². The Labute approximate surface area is 228 Å². The van der Waals surface area contributed by atoms with Gasteiger partial charge >= 0.3 is 5.97 Å². The van der Waals surface area contributed by atoms with Gasteiger partial charge in [0.1, 0.15) is 0 Å². The molecule has 0 heterocycles. The minimum absolute atomic E-state index is 0.00317. The first-order chi connectivity index (χ1) is 18.2. The van der Waals surface area contributed by atoms with Crippen molar-refractivity contribution in [1.29, 1.82) is 0 Å². The third-order valence-electron chi connectivity index (χ3n) is 8.23. The third-order valence-corrected chi connectivity index (χ3v) is 11.7. The highest BCUT2D eigenvalue weighted by molar-refractivity contribution is 6.89. The van der Waals surface area contributed by atoms with Gasteiger partial charge < -0.3 is 9.84 Å². The number of benzene rings is 2. The minimum Gasteiger partial charge on any atom is -0.462 e. The van der Waals surface area contributed by atoms with Crippen molar-refractivity contribution in [2.75, 3.05) is 13.2 Å². The van der Waals surface area contributed by atoms with E-state index in [1.165, 1.54) is 56.9 Å². The lowest BCUT2D eigenvalue weighted by atomic mass is 9.77. The van der Waals surface area contributed by atoms with Gasteiger partial charge in [-0.3, -0.25) is 0 Å². The molecule has 6 heteroatoms. The van der Waals surface area contributed by atoms with E-state index in [1.54, 1.807) is 12.1 Å². The van der Waals surface area contributed by atoms with Gasteiger partial charge in [-0.05, 0) is 60.3 Å². The average molecular weight is 543 g/mol. The first-order valence-corrected chi connectivity index (χ1v) is 17.4. The largest absolute Gasteiger partial charge is 0.462 e. The van der Waals surface area contributed by atoms with E-state index in [0.717, 1.165) is 5.92 Å². The molecule has 1 saturated carbocycles. The average Bonchev–Trinajstić information content (AvgIpc) is 2.92. The summed E-state index contributed by atoms with van der Waals surface area (Å²) in [5.74, 6) is -0.774. The van der Waals surface area contributed by atoms with Crippen LogP contribution < -0.4 is 5.19 Å². The summed E-state index contributed by atoms with van der Waals surface area (Å²) >= 11 is 0. The molecule has 208 valence electrons. The zero-order valence-corrected chi connectivity index (χ0v) is 24.3. The summed E-state index contributed by atoms with van der Waals surface area (Å²) < 4.78 is 35.6. The minimum atomic E-state index is -2.31. The molecule has 0 aromatic heterocycles. The Balaban J connectivity index is 1.61. The smallest absolute Gasteiger partial charge is 0.335 e. The summed E-state index contributed by atoms with van der Waals surface area (Å²) in [6.07, 6.45) is 10.8. The number of carbonyl (C=O) groups excluding carboxylic acids is 1.